The number of hydrogen-bond donors (Lipinski definition) is 1. The molecule has 5 aliphatic rings. The molecule has 8 rings (SSSR count). The molecular weight excluding hydrogens is 490 g/mol. The fourth-order valence-corrected chi connectivity index (χ4v) is 9.16. The van der Waals surface area contributed by atoms with Gasteiger partial charge in [-0.15, -0.1) is 0 Å². The van der Waals surface area contributed by atoms with Gasteiger partial charge < -0.3 is 19.2 Å². The molecule has 3 fully saturated rings. The third kappa shape index (κ3) is 2.96. The number of hydrogen-bond acceptors (Lipinski definition) is 6. The van der Waals surface area contributed by atoms with E-state index in [2.05, 4.69) is 53.1 Å². The maximum atomic E-state index is 13.5. The Morgan fingerprint density at radius 3 is 2.79 bits per heavy atom. The standard InChI is InChI=1S/C32H35N3O4/c1-29(2)28-24(36)15-22-26-25(37-16-19-9-12-33-17-34-19)14-18-13-21-20-7-5-6-8-23(20)35-27(21)31(18,4)30(26,3)10-11-32(22,38-28)39-29/h5-9,12,15,17-18,25-26,28,35H,10-11,13-14,16H2,1-4H3/t18?,25-,26?,28?,30?,31?,32?/m0/s1. The highest BCUT2D eigenvalue weighted by Gasteiger charge is 2.72. The molecule has 202 valence electrons. The van der Waals surface area contributed by atoms with Crippen LogP contribution in [0.4, 0.5) is 0 Å². The van der Waals surface area contributed by atoms with Gasteiger partial charge in [0, 0.05) is 40.5 Å². The van der Waals surface area contributed by atoms with E-state index in [1.165, 1.54) is 22.2 Å². The van der Waals surface area contributed by atoms with Crippen molar-refractivity contribution in [1.82, 2.24) is 15.0 Å². The normalized spacial score (nSPS) is 39.6. The number of aromatic amines is 1. The number of rotatable bonds is 3. The lowest BCUT2D eigenvalue weighted by atomic mass is 9.43. The Bertz CT molecular complexity index is 1550. The lowest BCUT2D eigenvalue weighted by Crippen LogP contribution is -2.64. The molecule has 2 aromatic heterocycles. The van der Waals surface area contributed by atoms with Gasteiger partial charge in [0.1, 0.15) is 11.9 Å². The van der Waals surface area contributed by atoms with Crippen molar-refractivity contribution < 1.29 is 19.0 Å². The highest BCUT2D eigenvalue weighted by molar-refractivity contribution is 5.97. The van der Waals surface area contributed by atoms with E-state index in [0.29, 0.717) is 12.5 Å². The van der Waals surface area contributed by atoms with Gasteiger partial charge in [-0.2, -0.15) is 0 Å². The van der Waals surface area contributed by atoms with Crippen LogP contribution in [0.25, 0.3) is 10.9 Å². The Kier molecular flexibility index (Phi) is 4.70. The number of nitrogens with zero attached hydrogens (tertiary/aromatic N) is 2. The largest absolute Gasteiger partial charge is 0.371 e. The SMILES string of the molecule is CC1(C)OC23CCC4(C)C(C2=CC(=O)C1O3)[C@@H](OCc1ccncn1)CC1Cc2c([nH]c3ccccc23)C14C. The van der Waals surface area contributed by atoms with Crippen molar-refractivity contribution >= 4 is 16.7 Å². The average Bonchev–Trinajstić information content (AvgIpc) is 3.51. The predicted octanol–water partition coefficient (Wildman–Crippen LogP) is 5.19. The molecule has 2 bridgehead atoms. The van der Waals surface area contributed by atoms with Crippen molar-refractivity contribution in [2.24, 2.45) is 17.3 Å². The molecule has 1 aromatic carbocycles. The summed E-state index contributed by atoms with van der Waals surface area (Å²) in [5.74, 6) is -0.477. The monoisotopic (exact) mass is 525 g/mol. The second-order valence-corrected chi connectivity index (χ2v) is 13.3. The van der Waals surface area contributed by atoms with Crippen LogP contribution in [-0.4, -0.2) is 44.3 Å². The number of ether oxygens (including phenoxy) is 3. The van der Waals surface area contributed by atoms with Crippen LogP contribution in [0.1, 0.15) is 63.9 Å². The summed E-state index contributed by atoms with van der Waals surface area (Å²) < 4.78 is 20.1. The molecule has 4 heterocycles. The summed E-state index contributed by atoms with van der Waals surface area (Å²) >= 11 is 0. The molecule has 7 atom stereocenters. The Hall–Kier alpha value is -2.87. The van der Waals surface area contributed by atoms with Gasteiger partial charge in [0.15, 0.2) is 17.7 Å². The molecule has 1 spiro atoms. The first-order valence-electron chi connectivity index (χ1n) is 14.3. The number of fused-ring (bicyclic) bond motifs is 9. The van der Waals surface area contributed by atoms with Crippen molar-refractivity contribution in [1.29, 1.82) is 0 Å². The Morgan fingerprint density at radius 1 is 1.13 bits per heavy atom. The zero-order valence-corrected chi connectivity index (χ0v) is 23.0. The lowest BCUT2D eigenvalue weighted by Gasteiger charge is -2.63. The molecule has 2 aliphatic heterocycles. The van der Waals surface area contributed by atoms with E-state index < -0.39 is 17.5 Å². The van der Waals surface area contributed by atoms with Gasteiger partial charge in [0.2, 0.25) is 0 Å². The van der Waals surface area contributed by atoms with Gasteiger partial charge in [0.25, 0.3) is 0 Å². The first-order valence-corrected chi connectivity index (χ1v) is 14.3. The second kappa shape index (κ2) is 7.65. The summed E-state index contributed by atoms with van der Waals surface area (Å²) in [7, 11) is 0. The van der Waals surface area contributed by atoms with Crippen LogP contribution in [0.5, 0.6) is 0 Å². The van der Waals surface area contributed by atoms with Gasteiger partial charge >= 0.3 is 0 Å². The molecule has 3 aliphatic carbocycles. The Labute approximate surface area is 228 Å². The fraction of sp³-hybridized carbons (Fsp3) is 0.531. The van der Waals surface area contributed by atoms with Gasteiger partial charge in [-0.1, -0.05) is 32.0 Å². The second-order valence-electron chi connectivity index (χ2n) is 13.3. The number of ketones is 1. The molecule has 0 radical (unpaired) electrons. The summed E-state index contributed by atoms with van der Waals surface area (Å²) in [5.41, 5.74) is 4.88. The van der Waals surface area contributed by atoms with E-state index in [4.69, 9.17) is 14.2 Å². The van der Waals surface area contributed by atoms with Gasteiger partial charge in [-0.3, -0.25) is 4.79 Å². The third-order valence-corrected chi connectivity index (χ3v) is 11.1. The Morgan fingerprint density at radius 2 is 1.97 bits per heavy atom. The van der Waals surface area contributed by atoms with Crippen LogP contribution in [0.15, 0.2) is 54.5 Å². The topological polar surface area (TPSA) is 86.3 Å². The fourth-order valence-electron chi connectivity index (χ4n) is 9.16. The van der Waals surface area contributed by atoms with E-state index in [0.717, 1.165) is 37.0 Å². The van der Waals surface area contributed by atoms with E-state index >= 15 is 0 Å². The summed E-state index contributed by atoms with van der Waals surface area (Å²) in [6.07, 6.45) is 8.10. The van der Waals surface area contributed by atoms with E-state index in [9.17, 15) is 4.79 Å². The van der Waals surface area contributed by atoms with E-state index in [-0.39, 0.29) is 28.6 Å². The van der Waals surface area contributed by atoms with Gasteiger partial charge in [-0.25, -0.2) is 9.97 Å². The quantitative estimate of drug-likeness (QED) is 0.506. The first-order chi connectivity index (χ1) is 18.7. The molecular formula is C32H35N3O4. The third-order valence-electron chi connectivity index (χ3n) is 11.1. The predicted molar refractivity (Wildman–Crippen MR) is 145 cm³/mol. The highest BCUT2D eigenvalue weighted by atomic mass is 16.8. The molecule has 1 saturated heterocycles. The van der Waals surface area contributed by atoms with Crippen molar-refractivity contribution in [3.05, 3.63) is 71.5 Å². The summed E-state index contributed by atoms with van der Waals surface area (Å²) in [6, 6.07) is 10.6. The zero-order chi connectivity index (χ0) is 26.8. The summed E-state index contributed by atoms with van der Waals surface area (Å²) in [4.78, 5) is 25.8. The van der Waals surface area contributed by atoms with Gasteiger partial charge in [-0.05, 0) is 73.8 Å². The number of carbonyl (C=O) groups is 1. The molecule has 7 heteroatoms. The number of aromatic nitrogens is 3. The molecule has 39 heavy (non-hydrogen) atoms. The average molecular weight is 526 g/mol. The smallest absolute Gasteiger partial charge is 0.193 e. The molecule has 6 unspecified atom stereocenters. The van der Waals surface area contributed by atoms with Gasteiger partial charge in [0.05, 0.1) is 18.4 Å². The van der Waals surface area contributed by atoms with E-state index in [1.807, 2.05) is 26.0 Å². The first kappa shape index (κ1) is 24.0. The molecule has 3 aromatic rings. The molecule has 7 nitrogen and oxygen atoms in total. The van der Waals surface area contributed by atoms with Crippen molar-refractivity contribution in [2.45, 2.75) is 89.0 Å². The molecule has 0 amide bonds. The summed E-state index contributed by atoms with van der Waals surface area (Å²) in [5, 5.41) is 1.33. The highest BCUT2D eigenvalue weighted by Crippen LogP contribution is 2.70. The lowest BCUT2D eigenvalue weighted by molar-refractivity contribution is -0.223. The Balaban J connectivity index is 1.28. The van der Waals surface area contributed by atoms with Crippen molar-refractivity contribution in [3.63, 3.8) is 0 Å². The number of H-pyrrole nitrogens is 1. The number of benzene rings is 1. The van der Waals surface area contributed by atoms with Crippen molar-refractivity contribution in [2.75, 3.05) is 0 Å². The number of nitrogens with one attached hydrogen (secondary N) is 1. The number of para-hydroxylation sites is 1. The van der Waals surface area contributed by atoms with Crippen molar-refractivity contribution in [3.8, 4) is 0 Å². The van der Waals surface area contributed by atoms with Crippen LogP contribution in [0.3, 0.4) is 0 Å². The van der Waals surface area contributed by atoms with Crippen LogP contribution < -0.4 is 0 Å². The van der Waals surface area contributed by atoms with Crippen LogP contribution in [-0.2, 0) is 37.4 Å². The zero-order valence-electron chi connectivity index (χ0n) is 23.0. The van der Waals surface area contributed by atoms with Crippen LogP contribution >= 0.6 is 0 Å². The minimum absolute atomic E-state index is 0.00641. The number of carbonyl (C=O) groups excluding carboxylic acids is 1. The maximum Gasteiger partial charge on any atom is 0.193 e. The minimum Gasteiger partial charge on any atom is -0.371 e. The van der Waals surface area contributed by atoms with Crippen LogP contribution in [0, 0.1) is 17.3 Å². The van der Waals surface area contributed by atoms with Crippen LogP contribution in [0.2, 0.25) is 0 Å². The van der Waals surface area contributed by atoms with E-state index in [1.54, 1.807) is 12.5 Å². The minimum atomic E-state index is -0.867. The maximum absolute atomic E-state index is 13.5. The molecule has 2 saturated carbocycles. The summed E-state index contributed by atoms with van der Waals surface area (Å²) in [6.45, 7) is 9.24. The molecule has 1 N–H and O–H groups in total.